The second-order valence-electron chi connectivity index (χ2n) is 6.29. The number of hydrogen-bond donors (Lipinski definition) is 2. The Kier molecular flexibility index (Phi) is 4.09. The van der Waals surface area contributed by atoms with E-state index in [-0.39, 0.29) is 11.9 Å². The van der Waals surface area contributed by atoms with Crippen molar-refractivity contribution >= 4 is 16.9 Å². The van der Waals surface area contributed by atoms with Crippen LogP contribution in [-0.2, 0) is 0 Å². The molecule has 2 aromatic heterocycles. The Morgan fingerprint density at radius 2 is 2.00 bits per heavy atom. The lowest BCUT2D eigenvalue weighted by Crippen LogP contribution is -3.11. The number of hydrogen-bond acceptors (Lipinski definition) is 3. The Bertz CT molecular complexity index is 783. The van der Waals surface area contributed by atoms with E-state index in [1.165, 1.54) is 17.7 Å². The van der Waals surface area contributed by atoms with Crippen LogP contribution in [0.2, 0.25) is 0 Å². The summed E-state index contributed by atoms with van der Waals surface area (Å²) in [6, 6.07) is 13.5. The molecule has 1 aromatic carbocycles. The fourth-order valence-electron chi connectivity index (χ4n) is 3.49. The van der Waals surface area contributed by atoms with E-state index in [1.54, 1.807) is 12.3 Å². The molecule has 0 unspecified atom stereocenters. The van der Waals surface area contributed by atoms with Crippen molar-refractivity contribution in [3.63, 3.8) is 0 Å². The third kappa shape index (κ3) is 2.95. The van der Waals surface area contributed by atoms with E-state index in [1.807, 2.05) is 36.4 Å². The summed E-state index contributed by atoms with van der Waals surface area (Å²) < 4.78 is 11.2. The van der Waals surface area contributed by atoms with Crippen LogP contribution in [0.15, 0.2) is 57.6 Å². The van der Waals surface area contributed by atoms with E-state index in [0.29, 0.717) is 12.3 Å². The number of amides is 1. The Labute approximate surface area is 140 Å². The Hall–Kier alpha value is -2.53. The number of fused-ring (bicyclic) bond motifs is 1. The van der Waals surface area contributed by atoms with Crippen LogP contribution in [0.4, 0.5) is 0 Å². The van der Waals surface area contributed by atoms with Crippen molar-refractivity contribution in [1.82, 2.24) is 5.32 Å². The van der Waals surface area contributed by atoms with Crippen LogP contribution in [0.5, 0.6) is 0 Å². The van der Waals surface area contributed by atoms with Crippen LogP contribution in [0, 0.1) is 0 Å². The van der Waals surface area contributed by atoms with Gasteiger partial charge in [0, 0.05) is 18.2 Å². The number of likely N-dealkylation sites (tertiary alicyclic amines) is 1. The fourth-order valence-corrected chi connectivity index (χ4v) is 3.49. The fraction of sp³-hybridized carbons (Fsp3) is 0.316. The molecule has 24 heavy (non-hydrogen) atoms. The van der Waals surface area contributed by atoms with Crippen molar-refractivity contribution in [2.45, 2.75) is 18.9 Å². The number of quaternary nitrogens is 1. The van der Waals surface area contributed by atoms with Crippen LogP contribution in [0.3, 0.4) is 0 Å². The molecule has 2 N–H and O–H groups in total. The second kappa shape index (κ2) is 6.53. The number of carbonyl (C=O) groups is 1. The van der Waals surface area contributed by atoms with Crippen molar-refractivity contribution in [3.05, 3.63) is 60.2 Å². The third-order valence-corrected chi connectivity index (χ3v) is 4.74. The SMILES string of the molecule is O=C(NC[C@@H](c1ccco1)[NH+]1CCCC1)c1cc2ccccc2o1. The monoisotopic (exact) mass is 325 g/mol. The first kappa shape index (κ1) is 15.0. The molecule has 1 fully saturated rings. The number of nitrogens with one attached hydrogen (secondary N) is 2. The highest BCUT2D eigenvalue weighted by molar-refractivity contribution is 5.96. The minimum atomic E-state index is -0.179. The van der Waals surface area contributed by atoms with Gasteiger partial charge in [0.25, 0.3) is 5.91 Å². The summed E-state index contributed by atoms with van der Waals surface area (Å²) in [6.07, 6.45) is 4.15. The zero-order chi connectivity index (χ0) is 16.4. The molecule has 1 saturated heterocycles. The molecule has 0 aliphatic carbocycles. The summed E-state index contributed by atoms with van der Waals surface area (Å²) in [5.74, 6) is 1.10. The lowest BCUT2D eigenvalue weighted by atomic mass is 10.2. The quantitative estimate of drug-likeness (QED) is 0.756. The molecule has 5 nitrogen and oxygen atoms in total. The summed E-state index contributed by atoms with van der Waals surface area (Å²) in [5, 5.41) is 3.95. The standard InChI is InChI=1S/C19H20N2O3/c22-19(18-12-14-6-1-2-7-16(14)24-18)20-13-15(17-8-5-11-23-17)21-9-3-4-10-21/h1-2,5-8,11-12,15H,3-4,9-10,13H2,(H,20,22)/p+1/t15-/m0/s1. The topological polar surface area (TPSA) is 59.8 Å². The lowest BCUT2D eigenvalue weighted by Gasteiger charge is -2.22. The first-order chi connectivity index (χ1) is 11.8. The zero-order valence-electron chi connectivity index (χ0n) is 13.5. The molecule has 1 amide bonds. The van der Waals surface area contributed by atoms with Crippen molar-refractivity contribution in [1.29, 1.82) is 0 Å². The predicted molar refractivity (Wildman–Crippen MR) is 89.9 cm³/mol. The van der Waals surface area contributed by atoms with Crippen molar-refractivity contribution in [3.8, 4) is 0 Å². The number of rotatable bonds is 5. The average Bonchev–Trinajstić information content (AvgIpc) is 3.35. The maximum atomic E-state index is 12.5. The van der Waals surface area contributed by atoms with Gasteiger partial charge in [-0.05, 0) is 24.3 Å². The molecule has 1 aliphatic heterocycles. The third-order valence-electron chi connectivity index (χ3n) is 4.74. The molecule has 0 spiro atoms. The molecule has 3 heterocycles. The van der Waals surface area contributed by atoms with Gasteiger partial charge in [-0.15, -0.1) is 0 Å². The van der Waals surface area contributed by atoms with Crippen molar-refractivity contribution in [2.24, 2.45) is 0 Å². The molecule has 0 radical (unpaired) electrons. The molecule has 5 heteroatoms. The molecule has 0 saturated carbocycles. The Morgan fingerprint density at radius 3 is 2.75 bits per heavy atom. The van der Waals surface area contributed by atoms with Crippen molar-refractivity contribution in [2.75, 3.05) is 19.6 Å². The van der Waals surface area contributed by atoms with Crippen LogP contribution >= 0.6 is 0 Å². The lowest BCUT2D eigenvalue weighted by molar-refractivity contribution is -0.919. The van der Waals surface area contributed by atoms with Gasteiger partial charge in [0.15, 0.2) is 17.6 Å². The maximum Gasteiger partial charge on any atom is 0.287 e. The Morgan fingerprint density at radius 1 is 1.17 bits per heavy atom. The summed E-state index contributed by atoms with van der Waals surface area (Å²) in [4.78, 5) is 13.9. The van der Waals surface area contributed by atoms with Gasteiger partial charge < -0.3 is 19.1 Å². The zero-order valence-corrected chi connectivity index (χ0v) is 13.5. The average molecular weight is 325 g/mol. The van der Waals surface area contributed by atoms with E-state index in [0.717, 1.165) is 29.8 Å². The van der Waals surface area contributed by atoms with Gasteiger partial charge in [-0.25, -0.2) is 0 Å². The van der Waals surface area contributed by atoms with Crippen molar-refractivity contribution < 1.29 is 18.5 Å². The molecule has 1 atom stereocenters. The van der Waals surface area contributed by atoms with E-state index >= 15 is 0 Å². The number of para-hydroxylation sites is 1. The smallest absolute Gasteiger partial charge is 0.287 e. The molecule has 4 rings (SSSR count). The van der Waals surface area contributed by atoms with Gasteiger partial charge in [-0.2, -0.15) is 0 Å². The molecule has 0 bridgehead atoms. The van der Waals surface area contributed by atoms with Gasteiger partial charge in [0.05, 0.1) is 25.9 Å². The van der Waals surface area contributed by atoms with Crippen LogP contribution < -0.4 is 10.2 Å². The molecule has 3 aromatic rings. The van der Waals surface area contributed by atoms with Gasteiger partial charge in [-0.3, -0.25) is 4.79 Å². The summed E-state index contributed by atoms with van der Waals surface area (Å²) >= 11 is 0. The highest BCUT2D eigenvalue weighted by Crippen LogP contribution is 2.19. The number of carbonyl (C=O) groups excluding carboxylic acids is 1. The minimum absolute atomic E-state index is 0.149. The summed E-state index contributed by atoms with van der Waals surface area (Å²) in [7, 11) is 0. The predicted octanol–water partition coefficient (Wildman–Crippen LogP) is 2.18. The van der Waals surface area contributed by atoms with E-state index in [9.17, 15) is 4.79 Å². The summed E-state index contributed by atoms with van der Waals surface area (Å²) in [6.45, 7) is 2.77. The van der Waals surface area contributed by atoms with Gasteiger partial charge in [-0.1, -0.05) is 18.2 Å². The van der Waals surface area contributed by atoms with E-state index in [4.69, 9.17) is 8.83 Å². The summed E-state index contributed by atoms with van der Waals surface area (Å²) in [5.41, 5.74) is 0.732. The van der Waals surface area contributed by atoms with Crippen LogP contribution in [0.25, 0.3) is 11.0 Å². The van der Waals surface area contributed by atoms with Crippen LogP contribution in [0.1, 0.15) is 35.2 Å². The molecule has 124 valence electrons. The van der Waals surface area contributed by atoms with Crippen LogP contribution in [-0.4, -0.2) is 25.5 Å². The van der Waals surface area contributed by atoms with E-state index in [2.05, 4.69) is 5.32 Å². The highest BCUT2D eigenvalue weighted by Gasteiger charge is 2.30. The first-order valence-corrected chi connectivity index (χ1v) is 8.46. The largest absolute Gasteiger partial charge is 0.463 e. The Balaban J connectivity index is 1.48. The number of benzene rings is 1. The van der Waals surface area contributed by atoms with Gasteiger partial charge >= 0.3 is 0 Å². The minimum Gasteiger partial charge on any atom is -0.463 e. The highest BCUT2D eigenvalue weighted by atomic mass is 16.3. The maximum absolute atomic E-state index is 12.5. The van der Waals surface area contributed by atoms with E-state index < -0.39 is 0 Å². The number of furan rings is 2. The first-order valence-electron chi connectivity index (χ1n) is 8.46. The molecular formula is C19H21N2O3+. The normalized spacial score (nSPS) is 16.5. The second-order valence-corrected chi connectivity index (χ2v) is 6.29. The van der Waals surface area contributed by atoms with Gasteiger partial charge in [0.2, 0.25) is 0 Å². The van der Waals surface area contributed by atoms with Gasteiger partial charge in [0.1, 0.15) is 5.58 Å². The molecular weight excluding hydrogens is 304 g/mol. The molecule has 1 aliphatic rings.